The number of nitro groups is 1. The van der Waals surface area contributed by atoms with Gasteiger partial charge in [0.1, 0.15) is 29.7 Å². The molecular weight excluding hydrogens is 534 g/mol. The molecule has 0 saturated carbocycles. The summed E-state index contributed by atoms with van der Waals surface area (Å²) in [7, 11) is 1.32. The number of hydrogen-bond donors (Lipinski definition) is 3. The Morgan fingerprint density at radius 1 is 1.12 bits per heavy atom. The lowest BCUT2D eigenvalue weighted by Gasteiger charge is -2.15. The molecule has 3 N–H and O–H groups in total. The molecule has 1 unspecified atom stereocenters. The van der Waals surface area contributed by atoms with Crippen molar-refractivity contribution >= 4 is 35.0 Å². The number of anilines is 1. The summed E-state index contributed by atoms with van der Waals surface area (Å²) < 4.78 is 11.6. The molecule has 41 heavy (non-hydrogen) atoms. The molecule has 0 fully saturated rings. The molecule has 0 bridgehead atoms. The molecule has 1 amide bonds. The number of esters is 1. The van der Waals surface area contributed by atoms with Gasteiger partial charge in [-0.15, -0.1) is 0 Å². The zero-order valence-electron chi connectivity index (χ0n) is 22.2. The summed E-state index contributed by atoms with van der Waals surface area (Å²) >= 11 is 0. The minimum atomic E-state index is -1.18. The molecule has 212 valence electrons. The summed E-state index contributed by atoms with van der Waals surface area (Å²) in [6.45, 7) is 1.65. The van der Waals surface area contributed by atoms with Gasteiger partial charge < -0.3 is 25.2 Å². The second-order valence-electron chi connectivity index (χ2n) is 8.81. The van der Waals surface area contributed by atoms with Gasteiger partial charge in [0.25, 0.3) is 5.91 Å². The predicted octanol–water partition coefficient (Wildman–Crippen LogP) is 3.32. The van der Waals surface area contributed by atoms with Crippen LogP contribution in [-0.2, 0) is 20.7 Å². The van der Waals surface area contributed by atoms with Crippen LogP contribution < -0.4 is 15.4 Å². The van der Waals surface area contributed by atoms with E-state index in [0.717, 1.165) is 5.56 Å². The lowest BCUT2D eigenvalue weighted by molar-refractivity contribution is -0.385. The summed E-state index contributed by atoms with van der Waals surface area (Å²) in [5, 5.41) is 26.8. The number of nitrogens with zero attached hydrogens (tertiary/aromatic N) is 3. The van der Waals surface area contributed by atoms with Crippen molar-refractivity contribution in [3.05, 3.63) is 88.1 Å². The fourth-order valence-electron chi connectivity index (χ4n) is 4.20. The molecule has 2 heterocycles. The van der Waals surface area contributed by atoms with Gasteiger partial charge >= 0.3 is 17.6 Å². The first kappa shape index (κ1) is 28.5. The van der Waals surface area contributed by atoms with E-state index in [1.165, 1.54) is 37.6 Å². The SMILES string of the molecule is CCOC(=O)CNc1c(-c2ccc(OC)c([N+](=O)[O-])c2)nc2cc(C(=O)NC(Cc3ccccc3)C(=O)O)ccn12. The minimum Gasteiger partial charge on any atom is -0.490 e. The smallest absolute Gasteiger partial charge is 0.326 e. The van der Waals surface area contributed by atoms with Crippen molar-refractivity contribution in [2.75, 3.05) is 25.6 Å². The van der Waals surface area contributed by atoms with E-state index in [1.807, 2.05) is 6.07 Å². The number of pyridine rings is 1. The standard InChI is InChI=1S/C28H27N5O8/c1-3-41-24(34)16-29-26-25(18-9-10-22(40-2)21(14-18)33(38)39)31-23-15-19(11-12-32(23)26)27(35)30-20(28(36)37)13-17-7-5-4-6-8-17/h4-12,14-15,20,29H,3,13,16H2,1-2H3,(H,30,35)(H,36,37). The van der Waals surface area contributed by atoms with Crippen LogP contribution >= 0.6 is 0 Å². The number of carbonyl (C=O) groups is 3. The molecule has 0 aliphatic carbocycles. The van der Waals surface area contributed by atoms with E-state index in [2.05, 4.69) is 15.6 Å². The molecular formula is C28H27N5O8. The van der Waals surface area contributed by atoms with Crippen LogP contribution in [0.15, 0.2) is 66.9 Å². The number of imidazole rings is 1. The summed E-state index contributed by atoms with van der Waals surface area (Å²) in [4.78, 5) is 52.6. The Morgan fingerprint density at radius 2 is 1.88 bits per heavy atom. The quantitative estimate of drug-likeness (QED) is 0.132. The number of rotatable bonds is 12. The van der Waals surface area contributed by atoms with Crippen molar-refractivity contribution < 1.29 is 33.9 Å². The van der Waals surface area contributed by atoms with E-state index < -0.39 is 28.8 Å². The number of nitrogens with one attached hydrogen (secondary N) is 2. The highest BCUT2D eigenvalue weighted by Crippen LogP contribution is 2.35. The molecule has 0 saturated heterocycles. The first-order chi connectivity index (χ1) is 19.7. The summed E-state index contributed by atoms with van der Waals surface area (Å²) in [5.41, 5.74) is 1.51. The van der Waals surface area contributed by atoms with Gasteiger partial charge in [0.15, 0.2) is 5.75 Å². The third kappa shape index (κ3) is 6.58. The Morgan fingerprint density at radius 3 is 2.54 bits per heavy atom. The van der Waals surface area contributed by atoms with Crippen molar-refractivity contribution in [1.29, 1.82) is 0 Å². The van der Waals surface area contributed by atoms with Gasteiger partial charge in [-0.05, 0) is 36.8 Å². The van der Waals surface area contributed by atoms with Crippen molar-refractivity contribution in [2.45, 2.75) is 19.4 Å². The number of benzene rings is 2. The average Bonchev–Trinajstić information content (AvgIpc) is 3.33. The van der Waals surface area contributed by atoms with Gasteiger partial charge in [-0.3, -0.25) is 24.1 Å². The van der Waals surface area contributed by atoms with Crippen molar-refractivity contribution in [1.82, 2.24) is 14.7 Å². The van der Waals surface area contributed by atoms with Crippen LogP contribution in [0.25, 0.3) is 16.9 Å². The number of aliphatic carboxylic acids is 1. The van der Waals surface area contributed by atoms with E-state index in [-0.39, 0.29) is 47.9 Å². The Kier molecular flexibility index (Phi) is 8.77. The number of aromatic nitrogens is 2. The lowest BCUT2D eigenvalue weighted by Crippen LogP contribution is -2.42. The monoisotopic (exact) mass is 561 g/mol. The Hall–Kier alpha value is -5.46. The third-order valence-corrected chi connectivity index (χ3v) is 6.13. The zero-order valence-corrected chi connectivity index (χ0v) is 22.2. The topological polar surface area (TPSA) is 174 Å². The average molecular weight is 562 g/mol. The molecule has 0 spiro atoms. The highest BCUT2D eigenvalue weighted by Gasteiger charge is 2.24. The number of nitro benzene ring substituents is 1. The maximum absolute atomic E-state index is 13.1. The maximum Gasteiger partial charge on any atom is 0.326 e. The molecule has 2 aromatic heterocycles. The van der Waals surface area contributed by atoms with Crippen molar-refractivity contribution in [2.24, 2.45) is 0 Å². The number of methoxy groups -OCH3 is 1. The fraction of sp³-hybridized carbons (Fsp3) is 0.214. The summed E-state index contributed by atoms with van der Waals surface area (Å²) in [6, 6.07) is 15.0. The van der Waals surface area contributed by atoms with E-state index >= 15 is 0 Å². The molecule has 0 radical (unpaired) electrons. The molecule has 13 heteroatoms. The highest BCUT2D eigenvalue weighted by atomic mass is 16.6. The van der Waals surface area contributed by atoms with Crippen LogP contribution in [0.4, 0.5) is 11.5 Å². The van der Waals surface area contributed by atoms with Crippen LogP contribution in [0, 0.1) is 10.1 Å². The van der Waals surface area contributed by atoms with Crippen LogP contribution in [0.2, 0.25) is 0 Å². The van der Waals surface area contributed by atoms with Gasteiger partial charge in [-0.25, -0.2) is 9.78 Å². The second kappa shape index (κ2) is 12.6. The van der Waals surface area contributed by atoms with Crippen LogP contribution in [0.5, 0.6) is 5.75 Å². The van der Waals surface area contributed by atoms with Crippen molar-refractivity contribution in [3.63, 3.8) is 0 Å². The Labute approximate surface area is 233 Å². The van der Waals surface area contributed by atoms with Gasteiger partial charge in [-0.2, -0.15) is 0 Å². The minimum absolute atomic E-state index is 0.0611. The first-order valence-corrected chi connectivity index (χ1v) is 12.5. The molecule has 0 aliphatic rings. The van der Waals surface area contributed by atoms with Crippen LogP contribution in [0.3, 0.4) is 0 Å². The summed E-state index contributed by atoms with van der Waals surface area (Å²) in [6.07, 6.45) is 1.62. The number of ether oxygens (including phenoxy) is 2. The number of carboxylic acid groups (broad SMARTS) is 1. The number of fused-ring (bicyclic) bond motifs is 1. The van der Waals surface area contributed by atoms with Crippen LogP contribution in [0.1, 0.15) is 22.8 Å². The number of amides is 1. The molecule has 4 rings (SSSR count). The number of carbonyl (C=O) groups excluding carboxylic acids is 2. The summed E-state index contributed by atoms with van der Waals surface area (Å²) in [5.74, 6) is -1.94. The Bertz CT molecular complexity index is 1600. The van der Waals surface area contributed by atoms with E-state index in [4.69, 9.17) is 9.47 Å². The van der Waals surface area contributed by atoms with Crippen molar-refractivity contribution in [3.8, 4) is 17.0 Å². The molecule has 4 aromatic rings. The largest absolute Gasteiger partial charge is 0.490 e. The number of hydrogen-bond acceptors (Lipinski definition) is 9. The normalized spacial score (nSPS) is 11.5. The lowest BCUT2D eigenvalue weighted by atomic mass is 10.1. The van der Waals surface area contributed by atoms with E-state index in [1.54, 1.807) is 41.7 Å². The fourth-order valence-corrected chi connectivity index (χ4v) is 4.20. The maximum atomic E-state index is 13.1. The Balaban J connectivity index is 1.70. The number of carboxylic acids is 1. The van der Waals surface area contributed by atoms with Gasteiger partial charge in [0, 0.05) is 29.8 Å². The predicted molar refractivity (Wildman–Crippen MR) is 148 cm³/mol. The van der Waals surface area contributed by atoms with E-state index in [9.17, 15) is 29.6 Å². The van der Waals surface area contributed by atoms with Gasteiger partial charge in [-0.1, -0.05) is 30.3 Å². The van der Waals surface area contributed by atoms with Crippen LogP contribution in [-0.4, -0.2) is 63.6 Å². The van der Waals surface area contributed by atoms with Gasteiger partial charge in [0.2, 0.25) is 0 Å². The molecule has 1 atom stereocenters. The molecule has 13 nitrogen and oxygen atoms in total. The molecule has 2 aromatic carbocycles. The second-order valence-corrected chi connectivity index (χ2v) is 8.81. The zero-order chi connectivity index (χ0) is 29.5. The van der Waals surface area contributed by atoms with E-state index in [0.29, 0.717) is 11.4 Å². The van der Waals surface area contributed by atoms with Gasteiger partial charge in [0.05, 0.1) is 18.6 Å². The molecule has 0 aliphatic heterocycles. The highest BCUT2D eigenvalue weighted by molar-refractivity contribution is 5.97. The first-order valence-electron chi connectivity index (χ1n) is 12.5. The third-order valence-electron chi connectivity index (χ3n) is 6.13.